The lowest BCUT2D eigenvalue weighted by atomic mass is 10.3. The number of primary amides is 1. The van der Waals surface area contributed by atoms with Gasteiger partial charge in [0.05, 0.1) is 18.9 Å². The van der Waals surface area contributed by atoms with E-state index in [0.29, 0.717) is 18.9 Å². The van der Waals surface area contributed by atoms with Crippen molar-refractivity contribution in [3.05, 3.63) is 17.8 Å². The van der Waals surface area contributed by atoms with E-state index in [-0.39, 0.29) is 17.7 Å². The normalized spacial score (nSPS) is 19.6. The van der Waals surface area contributed by atoms with Crippen molar-refractivity contribution in [2.45, 2.75) is 12.5 Å². The average molecular weight is 223 g/mol. The van der Waals surface area contributed by atoms with E-state index in [1.807, 2.05) is 0 Å². The molecule has 0 aliphatic carbocycles. The number of rotatable bonds is 3. The van der Waals surface area contributed by atoms with Crippen molar-refractivity contribution in [3.8, 4) is 5.88 Å². The van der Waals surface area contributed by atoms with Crippen molar-refractivity contribution < 1.29 is 14.3 Å². The molecule has 6 heteroatoms. The molecule has 1 aromatic rings. The van der Waals surface area contributed by atoms with Crippen molar-refractivity contribution in [1.29, 1.82) is 0 Å². The topological polar surface area (TPSA) is 100 Å². The van der Waals surface area contributed by atoms with Gasteiger partial charge in [0.25, 0.3) is 5.91 Å². The lowest BCUT2D eigenvalue weighted by Crippen LogP contribution is -2.19. The summed E-state index contributed by atoms with van der Waals surface area (Å²) < 4.78 is 10.7. The molecule has 1 unspecified atom stereocenters. The number of carbonyl (C=O) groups excluding carboxylic acids is 1. The van der Waals surface area contributed by atoms with Gasteiger partial charge in [-0.25, -0.2) is 4.98 Å². The van der Waals surface area contributed by atoms with Crippen LogP contribution < -0.4 is 16.2 Å². The van der Waals surface area contributed by atoms with E-state index in [9.17, 15) is 4.79 Å². The molecule has 1 fully saturated rings. The predicted molar refractivity (Wildman–Crippen MR) is 57.0 cm³/mol. The summed E-state index contributed by atoms with van der Waals surface area (Å²) in [6.45, 7) is 1.18. The molecule has 1 aliphatic rings. The highest BCUT2D eigenvalue weighted by Crippen LogP contribution is 2.21. The third-order valence-electron chi connectivity index (χ3n) is 2.31. The van der Waals surface area contributed by atoms with E-state index in [1.54, 1.807) is 6.07 Å². The molecule has 1 saturated heterocycles. The molecule has 0 radical (unpaired) electrons. The minimum atomic E-state index is -0.604. The molecular weight excluding hydrogens is 210 g/mol. The SMILES string of the molecule is NC(=O)c1ccc(N)c(OC2CCOC2)n1. The molecule has 0 aromatic carbocycles. The third kappa shape index (κ3) is 2.22. The summed E-state index contributed by atoms with van der Waals surface area (Å²) in [5.74, 6) is -0.362. The van der Waals surface area contributed by atoms with Crippen molar-refractivity contribution in [3.63, 3.8) is 0 Å². The number of aromatic nitrogens is 1. The first-order valence-electron chi connectivity index (χ1n) is 4.97. The second-order valence-corrected chi connectivity index (χ2v) is 3.56. The summed E-state index contributed by atoms with van der Waals surface area (Å²) in [5, 5.41) is 0. The van der Waals surface area contributed by atoms with Crippen LogP contribution in [0.25, 0.3) is 0 Å². The molecule has 0 bridgehead atoms. The molecule has 6 nitrogen and oxygen atoms in total. The predicted octanol–water partition coefficient (Wildman–Crippen LogP) is -0.0696. The number of anilines is 1. The molecule has 1 amide bonds. The first-order chi connectivity index (χ1) is 7.66. The zero-order valence-electron chi connectivity index (χ0n) is 8.68. The second kappa shape index (κ2) is 4.36. The van der Waals surface area contributed by atoms with E-state index in [1.165, 1.54) is 6.07 Å². The zero-order chi connectivity index (χ0) is 11.5. The minimum absolute atomic E-state index is 0.0575. The second-order valence-electron chi connectivity index (χ2n) is 3.56. The van der Waals surface area contributed by atoms with Crippen molar-refractivity contribution in [2.24, 2.45) is 5.73 Å². The zero-order valence-corrected chi connectivity index (χ0v) is 8.68. The van der Waals surface area contributed by atoms with Crippen LogP contribution in [0.1, 0.15) is 16.9 Å². The Morgan fingerprint density at radius 2 is 2.38 bits per heavy atom. The number of hydrogen-bond acceptors (Lipinski definition) is 5. The molecule has 2 heterocycles. The Balaban J connectivity index is 2.17. The number of amides is 1. The van der Waals surface area contributed by atoms with Crippen LogP contribution in [0.5, 0.6) is 5.88 Å². The standard InChI is InChI=1S/C10H13N3O3/c11-7-1-2-8(9(12)14)13-10(7)16-6-3-4-15-5-6/h1-2,6H,3-5,11H2,(H2,12,14). The molecule has 4 N–H and O–H groups in total. The molecular formula is C10H13N3O3. The van der Waals surface area contributed by atoms with Crippen LogP contribution in [0.4, 0.5) is 5.69 Å². The maximum absolute atomic E-state index is 10.9. The Hall–Kier alpha value is -1.82. The number of nitrogens with zero attached hydrogens (tertiary/aromatic N) is 1. The highest BCUT2D eigenvalue weighted by atomic mass is 16.5. The van der Waals surface area contributed by atoms with Gasteiger partial charge in [0, 0.05) is 6.42 Å². The van der Waals surface area contributed by atoms with Gasteiger partial charge in [0.1, 0.15) is 11.8 Å². The lowest BCUT2D eigenvalue weighted by Gasteiger charge is -2.12. The summed E-state index contributed by atoms with van der Waals surface area (Å²) in [6.07, 6.45) is 0.736. The van der Waals surface area contributed by atoms with Crippen LogP contribution in [-0.2, 0) is 4.74 Å². The van der Waals surface area contributed by atoms with Gasteiger partial charge in [-0.2, -0.15) is 0 Å². The van der Waals surface area contributed by atoms with Gasteiger partial charge in [-0.05, 0) is 12.1 Å². The van der Waals surface area contributed by atoms with Gasteiger partial charge < -0.3 is 20.9 Å². The monoisotopic (exact) mass is 223 g/mol. The highest BCUT2D eigenvalue weighted by Gasteiger charge is 2.19. The fraction of sp³-hybridized carbons (Fsp3) is 0.400. The first kappa shape index (κ1) is 10.7. The van der Waals surface area contributed by atoms with Crippen LogP contribution in [0.2, 0.25) is 0 Å². The smallest absolute Gasteiger partial charge is 0.267 e. The lowest BCUT2D eigenvalue weighted by molar-refractivity contribution is 0.0992. The number of hydrogen-bond donors (Lipinski definition) is 2. The summed E-state index contributed by atoms with van der Waals surface area (Å²) >= 11 is 0. The van der Waals surface area contributed by atoms with Gasteiger partial charge >= 0.3 is 0 Å². The van der Waals surface area contributed by atoms with Crippen LogP contribution in [0.15, 0.2) is 12.1 Å². The third-order valence-corrected chi connectivity index (χ3v) is 2.31. The number of nitrogen functional groups attached to an aromatic ring is 1. The Labute approximate surface area is 92.5 Å². The number of nitrogens with two attached hydrogens (primary N) is 2. The molecule has 1 aliphatic heterocycles. The van der Waals surface area contributed by atoms with E-state index in [0.717, 1.165) is 6.42 Å². The molecule has 2 rings (SSSR count). The molecule has 0 saturated carbocycles. The molecule has 0 spiro atoms. The fourth-order valence-corrected chi connectivity index (χ4v) is 1.45. The highest BCUT2D eigenvalue weighted by molar-refractivity contribution is 5.91. The van der Waals surface area contributed by atoms with Gasteiger partial charge in [-0.1, -0.05) is 0 Å². The molecule has 86 valence electrons. The number of pyridine rings is 1. The summed E-state index contributed by atoms with van der Waals surface area (Å²) in [4.78, 5) is 14.9. The van der Waals surface area contributed by atoms with Crippen LogP contribution >= 0.6 is 0 Å². The van der Waals surface area contributed by atoms with Crippen molar-refractivity contribution in [2.75, 3.05) is 18.9 Å². The maximum atomic E-state index is 10.9. The summed E-state index contributed by atoms with van der Waals surface area (Å²) in [5.41, 5.74) is 11.3. The molecule has 1 aromatic heterocycles. The van der Waals surface area contributed by atoms with Crippen molar-refractivity contribution >= 4 is 11.6 Å². The van der Waals surface area contributed by atoms with E-state index in [2.05, 4.69) is 4.98 Å². The quantitative estimate of drug-likeness (QED) is 0.747. The number of carbonyl (C=O) groups is 1. The Kier molecular flexibility index (Phi) is 2.91. The Morgan fingerprint density at radius 3 is 3.00 bits per heavy atom. The largest absolute Gasteiger partial charge is 0.470 e. The van der Waals surface area contributed by atoms with Gasteiger partial charge in [0.2, 0.25) is 5.88 Å². The van der Waals surface area contributed by atoms with Crippen molar-refractivity contribution in [1.82, 2.24) is 4.98 Å². The van der Waals surface area contributed by atoms with Crippen LogP contribution in [-0.4, -0.2) is 30.2 Å². The maximum Gasteiger partial charge on any atom is 0.267 e. The van der Waals surface area contributed by atoms with Crippen LogP contribution in [0.3, 0.4) is 0 Å². The Bertz CT molecular complexity index is 402. The number of ether oxygens (including phenoxy) is 2. The fourth-order valence-electron chi connectivity index (χ4n) is 1.45. The molecule has 16 heavy (non-hydrogen) atoms. The Morgan fingerprint density at radius 1 is 1.56 bits per heavy atom. The first-order valence-corrected chi connectivity index (χ1v) is 4.97. The van der Waals surface area contributed by atoms with Gasteiger partial charge in [0.15, 0.2) is 0 Å². The van der Waals surface area contributed by atoms with Crippen LogP contribution in [0, 0.1) is 0 Å². The average Bonchev–Trinajstić information content (AvgIpc) is 2.73. The van der Waals surface area contributed by atoms with E-state index < -0.39 is 5.91 Å². The minimum Gasteiger partial charge on any atom is -0.470 e. The summed E-state index contributed by atoms with van der Waals surface area (Å²) in [6, 6.07) is 3.02. The van der Waals surface area contributed by atoms with Gasteiger partial charge in [-0.15, -0.1) is 0 Å². The summed E-state index contributed by atoms with van der Waals surface area (Å²) in [7, 11) is 0. The van der Waals surface area contributed by atoms with E-state index >= 15 is 0 Å². The molecule has 1 atom stereocenters. The van der Waals surface area contributed by atoms with Gasteiger partial charge in [-0.3, -0.25) is 4.79 Å². The van der Waals surface area contributed by atoms with E-state index in [4.69, 9.17) is 20.9 Å².